The highest BCUT2D eigenvalue weighted by Crippen LogP contribution is 2.37. The molecule has 0 spiro atoms. The van der Waals surface area contributed by atoms with Crippen LogP contribution in [0, 0.1) is 6.92 Å². The molecule has 3 heterocycles. The predicted molar refractivity (Wildman–Crippen MR) is 83.0 cm³/mol. The van der Waals surface area contributed by atoms with Crippen molar-refractivity contribution >= 4 is 23.2 Å². The number of likely N-dealkylation sites (tertiary alicyclic amines) is 1. The molecule has 4 unspecified atom stereocenters. The van der Waals surface area contributed by atoms with Gasteiger partial charge in [-0.1, -0.05) is 0 Å². The quantitative estimate of drug-likeness (QED) is 0.784. The van der Waals surface area contributed by atoms with E-state index in [2.05, 4.69) is 6.92 Å². The van der Waals surface area contributed by atoms with E-state index in [0.29, 0.717) is 6.42 Å². The van der Waals surface area contributed by atoms with E-state index in [4.69, 9.17) is 9.47 Å². The van der Waals surface area contributed by atoms with Crippen molar-refractivity contribution in [1.29, 1.82) is 0 Å². The second kappa shape index (κ2) is 6.01. The normalized spacial score (nSPS) is 31.0. The van der Waals surface area contributed by atoms with Gasteiger partial charge >= 0.3 is 5.97 Å². The lowest BCUT2D eigenvalue weighted by molar-refractivity contribution is -0.153. The van der Waals surface area contributed by atoms with Gasteiger partial charge in [0.15, 0.2) is 6.10 Å². The molecule has 1 amide bonds. The molecule has 2 aliphatic rings. The summed E-state index contributed by atoms with van der Waals surface area (Å²) in [6, 6.07) is 2.09. The van der Waals surface area contributed by atoms with Gasteiger partial charge in [0.2, 0.25) is 0 Å². The van der Waals surface area contributed by atoms with Gasteiger partial charge in [-0.3, -0.25) is 4.79 Å². The van der Waals surface area contributed by atoms with Gasteiger partial charge in [-0.2, -0.15) is 0 Å². The minimum Gasteiger partial charge on any atom is -0.467 e. The van der Waals surface area contributed by atoms with Gasteiger partial charge < -0.3 is 14.4 Å². The molecule has 0 bridgehead atoms. The number of amides is 1. The Morgan fingerprint density at radius 1 is 1.41 bits per heavy atom. The minimum absolute atomic E-state index is 0.0400. The van der Waals surface area contributed by atoms with Crippen molar-refractivity contribution in [1.82, 2.24) is 4.90 Å². The molecule has 2 fully saturated rings. The van der Waals surface area contributed by atoms with Crippen molar-refractivity contribution in [3.8, 4) is 0 Å². The van der Waals surface area contributed by atoms with Crippen LogP contribution in [-0.2, 0) is 14.3 Å². The van der Waals surface area contributed by atoms with Crippen LogP contribution < -0.4 is 0 Å². The van der Waals surface area contributed by atoms with Crippen LogP contribution in [0.15, 0.2) is 11.4 Å². The maximum Gasteiger partial charge on any atom is 0.335 e. The average Bonchev–Trinajstić information content (AvgIpc) is 3.11. The van der Waals surface area contributed by atoms with Gasteiger partial charge in [-0.25, -0.2) is 4.79 Å². The average molecular weight is 323 g/mol. The minimum atomic E-state index is -0.551. The SMILES string of the molecule is COC(=O)C1CC2C(CCC(C)N2C(=O)c2sccc2C)O1. The van der Waals surface area contributed by atoms with Crippen LogP contribution >= 0.6 is 11.3 Å². The summed E-state index contributed by atoms with van der Waals surface area (Å²) >= 11 is 1.48. The van der Waals surface area contributed by atoms with Crippen LogP contribution in [0.1, 0.15) is 41.4 Å². The number of hydrogen-bond donors (Lipinski definition) is 0. The molecule has 2 aliphatic heterocycles. The van der Waals surface area contributed by atoms with Crippen LogP contribution in [0.2, 0.25) is 0 Å². The summed E-state index contributed by atoms with van der Waals surface area (Å²) in [5.74, 6) is -0.287. The van der Waals surface area contributed by atoms with Gasteiger partial charge in [0.25, 0.3) is 5.91 Å². The standard InChI is InChI=1S/C16H21NO4S/c1-9-6-7-22-14(9)15(18)17-10(2)4-5-12-11(17)8-13(21-12)16(19)20-3/h6-7,10-13H,4-5,8H2,1-3H3. The molecule has 0 aromatic carbocycles. The Kier molecular flexibility index (Phi) is 4.23. The van der Waals surface area contributed by atoms with Crippen LogP contribution in [0.4, 0.5) is 0 Å². The third-order valence-corrected chi connectivity index (χ3v) is 5.68. The molecule has 0 saturated carbocycles. The Morgan fingerprint density at radius 3 is 2.82 bits per heavy atom. The number of aryl methyl sites for hydroxylation is 1. The van der Waals surface area contributed by atoms with E-state index in [0.717, 1.165) is 23.3 Å². The van der Waals surface area contributed by atoms with Gasteiger partial charge in [0.1, 0.15) is 0 Å². The molecule has 0 N–H and O–H groups in total. The number of piperidine rings is 1. The molecule has 6 heteroatoms. The van der Waals surface area contributed by atoms with Crippen LogP contribution in [-0.4, -0.2) is 48.2 Å². The number of fused-ring (bicyclic) bond motifs is 1. The maximum absolute atomic E-state index is 12.9. The zero-order valence-corrected chi connectivity index (χ0v) is 13.9. The molecule has 4 atom stereocenters. The summed E-state index contributed by atoms with van der Waals surface area (Å²) in [6.07, 6.45) is 1.69. The Balaban J connectivity index is 1.84. The monoisotopic (exact) mass is 323 g/mol. The molecule has 2 saturated heterocycles. The van der Waals surface area contributed by atoms with E-state index in [9.17, 15) is 9.59 Å². The highest BCUT2D eigenvalue weighted by Gasteiger charge is 2.48. The molecule has 1 aromatic rings. The Labute approximate surface area is 134 Å². The summed E-state index contributed by atoms with van der Waals surface area (Å²) in [4.78, 5) is 27.4. The second-order valence-electron chi connectivity index (χ2n) is 6.06. The number of rotatable bonds is 2. The van der Waals surface area contributed by atoms with Crippen molar-refractivity contribution < 1.29 is 19.1 Å². The molecule has 3 rings (SSSR count). The molecular formula is C16H21NO4S. The first-order chi connectivity index (χ1) is 10.5. The molecule has 5 nitrogen and oxygen atoms in total. The Morgan fingerprint density at radius 2 is 2.18 bits per heavy atom. The van der Waals surface area contributed by atoms with Crippen LogP contribution in [0.3, 0.4) is 0 Å². The zero-order valence-electron chi connectivity index (χ0n) is 13.1. The van der Waals surface area contributed by atoms with E-state index in [1.807, 2.05) is 23.3 Å². The number of ether oxygens (including phenoxy) is 2. The molecule has 1 aromatic heterocycles. The summed E-state index contributed by atoms with van der Waals surface area (Å²) in [5.41, 5.74) is 1.01. The molecule has 0 radical (unpaired) electrons. The Hall–Kier alpha value is -1.40. The van der Waals surface area contributed by atoms with Gasteiger partial charge in [0, 0.05) is 12.5 Å². The van der Waals surface area contributed by atoms with Crippen molar-refractivity contribution in [2.24, 2.45) is 0 Å². The van der Waals surface area contributed by atoms with Crippen LogP contribution in [0.25, 0.3) is 0 Å². The first kappa shape index (κ1) is 15.5. The van der Waals surface area contributed by atoms with E-state index in [-0.39, 0.29) is 30.1 Å². The van der Waals surface area contributed by atoms with E-state index >= 15 is 0 Å². The lowest BCUT2D eigenvalue weighted by Gasteiger charge is -2.41. The number of carbonyl (C=O) groups is 2. The van der Waals surface area contributed by atoms with E-state index in [1.54, 1.807) is 0 Å². The van der Waals surface area contributed by atoms with Crippen molar-refractivity contribution in [2.45, 2.75) is 57.4 Å². The first-order valence-corrected chi connectivity index (χ1v) is 8.51. The molecule has 22 heavy (non-hydrogen) atoms. The van der Waals surface area contributed by atoms with Crippen molar-refractivity contribution in [2.75, 3.05) is 7.11 Å². The molecular weight excluding hydrogens is 302 g/mol. The fraction of sp³-hybridized carbons (Fsp3) is 0.625. The predicted octanol–water partition coefficient (Wildman–Crippen LogP) is 2.38. The molecule has 120 valence electrons. The second-order valence-corrected chi connectivity index (χ2v) is 6.98. The fourth-order valence-electron chi connectivity index (χ4n) is 3.50. The lowest BCUT2D eigenvalue weighted by Crippen LogP contribution is -2.53. The first-order valence-electron chi connectivity index (χ1n) is 7.63. The largest absolute Gasteiger partial charge is 0.467 e. The maximum atomic E-state index is 12.9. The van der Waals surface area contributed by atoms with Gasteiger partial charge in [-0.05, 0) is 43.7 Å². The number of nitrogens with zero attached hydrogens (tertiary/aromatic N) is 1. The third kappa shape index (κ3) is 2.54. The summed E-state index contributed by atoms with van der Waals surface area (Å²) in [7, 11) is 1.37. The smallest absolute Gasteiger partial charge is 0.335 e. The number of hydrogen-bond acceptors (Lipinski definition) is 5. The van der Waals surface area contributed by atoms with E-state index < -0.39 is 6.10 Å². The zero-order chi connectivity index (χ0) is 15.9. The number of carbonyl (C=O) groups excluding carboxylic acids is 2. The number of esters is 1. The number of methoxy groups -OCH3 is 1. The fourth-order valence-corrected chi connectivity index (χ4v) is 4.36. The van der Waals surface area contributed by atoms with Crippen molar-refractivity contribution in [3.05, 3.63) is 21.9 Å². The van der Waals surface area contributed by atoms with E-state index in [1.165, 1.54) is 18.4 Å². The van der Waals surface area contributed by atoms with Crippen molar-refractivity contribution in [3.63, 3.8) is 0 Å². The summed E-state index contributed by atoms with van der Waals surface area (Å²) in [5, 5.41) is 1.94. The topological polar surface area (TPSA) is 55.8 Å². The molecule has 0 aliphatic carbocycles. The van der Waals surface area contributed by atoms with Gasteiger partial charge in [-0.15, -0.1) is 11.3 Å². The number of thiophene rings is 1. The van der Waals surface area contributed by atoms with Gasteiger partial charge in [0.05, 0.1) is 24.1 Å². The summed E-state index contributed by atoms with van der Waals surface area (Å²) < 4.78 is 10.6. The highest BCUT2D eigenvalue weighted by atomic mass is 32.1. The lowest BCUT2D eigenvalue weighted by atomic mass is 9.92. The van der Waals surface area contributed by atoms with Crippen LogP contribution in [0.5, 0.6) is 0 Å². The Bertz CT molecular complexity index is 584. The highest BCUT2D eigenvalue weighted by molar-refractivity contribution is 7.12. The third-order valence-electron chi connectivity index (χ3n) is 4.68. The summed E-state index contributed by atoms with van der Waals surface area (Å²) in [6.45, 7) is 4.03.